The summed E-state index contributed by atoms with van der Waals surface area (Å²) < 4.78 is 1.76. The van der Waals surface area contributed by atoms with Crippen LogP contribution in [0.4, 0.5) is 0 Å². The second-order valence-corrected chi connectivity index (χ2v) is 3.41. The van der Waals surface area contributed by atoms with E-state index in [4.69, 9.17) is 0 Å². The lowest BCUT2D eigenvalue weighted by Gasteiger charge is -2.11. The highest BCUT2D eigenvalue weighted by atomic mass is 16.1. The van der Waals surface area contributed by atoms with Gasteiger partial charge in [-0.15, -0.1) is 0 Å². The van der Waals surface area contributed by atoms with Crippen molar-refractivity contribution >= 4 is 5.78 Å². The molecule has 14 heavy (non-hydrogen) atoms. The van der Waals surface area contributed by atoms with E-state index in [-0.39, 0.29) is 11.7 Å². The van der Waals surface area contributed by atoms with Gasteiger partial charge in [0, 0.05) is 18.7 Å². The molecule has 0 N–H and O–H groups in total. The normalized spacial score (nSPS) is 10.9. The molecule has 0 amide bonds. The van der Waals surface area contributed by atoms with Crippen molar-refractivity contribution in [2.75, 3.05) is 0 Å². The molecular formula is C11H18N2O. The zero-order chi connectivity index (χ0) is 10.6. The van der Waals surface area contributed by atoms with Crippen molar-refractivity contribution in [1.29, 1.82) is 0 Å². The van der Waals surface area contributed by atoms with Crippen LogP contribution in [0.15, 0.2) is 12.3 Å². The van der Waals surface area contributed by atoms with Crippen LogP contribution in [0.1, 0.15) is 44.1 Å². The van der Waals surface area contributed by atoms with Gasteiger partial charge in [0.1, 0.15) is 5.69 Å². The number of nitrogens with zero attached hydrogens (tertiary/aromatic N) is 2. The van der Waals surface area contributed by atoms with E-state index in [1.807, 2.05) is 13.0 Å². The Labute approximate surface area is 85.1 Å². The lowest BCUT2D eigenvalue weighted by molar-refractivity contribution is 0.0902. The molecule has 0 aliphatic rings. The van der Waals surface area contributed by atoms with E-state index in [1.54, 1.807) is 10.9 Å². The highest BCUT2D eigenvalue weighted by molar-refractivity contribution is 5.96. The van der Waals surface area contributed by atoms with Crippen molar-refractivity contribution in [2.24, 2.45) is 5.92 Å². The Morgan fingerprint density at radius 1 is 1.43 bits per heavy atom. The van der Waals surface area contributed by atoms with Gasteiger partial charge >= 0.3 is 0 Å². The summed E-state index contributed by atoms with van der Waals surface area (Å²) in [5.41, 5.74) is 0.751. The Kier molecular flexibility index (Phi) is 3.86. The summed E-state index contributed by atoms with van der Waals surface area (Å²) in [6.07, 6.45) is 3.51. The van der Waals surface area contributed by atoms with Crippen molar-refractivity contribution in [3.8, 4) is 0 Å². The third-order valence-electron chi connectivity index (χ3n) is 2.62. The van der Waals surface area contributed by atoms with Crippen LogP contribution in [0.2, 0.25) is 0 Å². The second kappa shape index (κ2) is 4.94. The van der Waals surface area contributed by atoms with Crippen LogP contribution < -0.4 is 0 Å². The number of carbonyl (C=O) groups is 1. The molecule has 3 heteroatoms. The maximum atomic E-state index is 12.0. The molecule has 1 heterocycles. The van der Waals surface area contributed by atoms with E-state index in [2.05, 4.69) is 18.9 Å². The predicted molar refractivity (Wildman–Crippen MR) is 56.3 cm³/mol. The molecule has 0 unspecified atom stereocenters. The van der Waals surface area contributed by atoms with E-state index >= 15 is 0 Å². The largest absolute Gasteiger partial charge is 0.292 e. The Bertz CT molecular complexity index is 300. The summed E-state index contributed by atoms with van der Waals surface area (Å²) in [7, 11) is 0. The highest BCUT2D eigenvalue weighted by Gasteiger charge is 2.19. The van der Waals surface area contributed by atoms with Crippen molar-refractivity contribution in [3.63, 3.8) is 0 Å². The van der Waals surface area contributed by atoms with Gasteiger partial charge < -0.3 is 0 Å². The summed E-state index contributed by atoms with van der Waals surface area (Å²) in [4.78, 5) is 12.0. The zero-order valence-electron chi connectivity index (χ0n) is 9.16. The van der Waals surface area contributed by atoms with Crippen LogP contribution in [-0.4, -0.2) is 15.6 Å². The molecule has 0 saturated heterocycles. The van der Waals surface area contributed by atoms with Gasteiger partial charge in [-0.1, -0.05) is 13.8 Å². The first-order chi connectivity index (χ1) is 6.74. The molecular weight excluding hydrogens is 176 g/mol. The van der Waals surface area contributed by atoms with Gasteiger partial charge in [0.25, 0.3) is 0 Å². The zero-order valence-corrected chi connectivity index (χ0v) is 9.16. The van der Waals surface area contributed by atoms with Crippen LogP contribution >= 0.6 is 0 Å². The summed E-state index contributed by atoms with van der Waals surface area (Å²) in [5.74, 6) is 0.381. The summed E-state index contributed by atoms with van der Waals surface area (Å²) in [5, 5.41) is 4.10. The topological polar surface area (TPSA) is 34.9 Å². The lowest BCUT2D eigenvalue weighted by atomic mass is 9.96. The molecule has 1 rings (SSSR count). The van der Waals surface area contributed by atoms with Crippen LogP contribution in [0, 0.1) is 5.92 Å². The van der Waals surface area contributed by atoms with Gasteiger partial charge in [-0.3, -0.25) is 9.48 Å². The Morgan fingerprint density at radius 3 is 2.57 bits per heavy atom. The minimum absolute atomic E-state index is 0.150. The maximum Gasteiger partial charge on any atom is 0.183 e. The van der Waals surface area contributed by atoms with E-state index in [0.29, 0.717) is 0 Å². The molecule has 0 saturated carbocycles. The highest BCUT2D eigenvalue weighted by Crippen LogP contribution is 2.15. The van der Waals surface area contributed by atoms with Crippen LogP contribution in [-0.2, 0) is 6.54 Å². The predicted octanol–water partition coefficient (Wildman–Crippen LogP) is 2.52. The Balaban J connectivity index is 2.87. The number of Topliss-reactive ketones (excluding diaryl/α,β-unsaturated/α-hetero) is 1. The minimum atomic E-state index is 0.150. The maximum absolute atomic E-state index is 12.0. The molecule has 78 valence electrons. The molecule has 1 aromatic heterocycles. The smallest absolute Gasteiger partial charge is 0.183 e. The van der Waals surface area contributed by atoms with E-state index < -0.39 is 0 Å². The fourth-order valence-electron chi connectivity index (χ4n) is 1.66. The van der Waals surface area contributed by atoms with E-state index in [1.165, 1.54) is 0 Å². The SMILES string of the molecule is CCC(CC)C(=O)c1ccnn1CC. The molecule has 0 atom stereocenters. The van der Waals surface area contributed by atoms with E-state index in [0.717, 1.165) is 25.1 Å². The molecule has 0 spiro atoms. The van der Waals surface area contributed by atoms with Crippen molar-refractivity contribution in [3.05, 3.63) is 18.0 Å². The summed E-state index contributed by atoms with van der Waals surface area (Å²) in [6, 6.07) is 1.81. The summed E-state index contributed by atoms with van der Waals surface area (Å²) in [6.45, 7) is 6.86. The fraction of sp³-hybridized carbons (Fsp3) is 0.636. The standard InChI is InChI=1S/C11H18N2O/c1-4-9(5-2)11(14)10-7-8-12-13(10)6-3/h7-9H,4-6H2,1-3H3. The minimum Gasteiger partial charge on any atom is -0.292 e. The number of rotatable bonds is 5. The van der Waals surface area contributed by atoms with Crippen molar-refractivity contribution in [2.45, 2.75) is 40.2 Å². The molecule has 0 aromatic carbocycles. The van der Waals surface area contributed by atoms with Crippen LogP contribution in [0.3, 0.4) is 0 Å². The van der Waals surface area contributed by atoms with Gasteiger partial charge in [-0.2, -0.15) is 5.10 Å². The van der Waals surface area contributed by atoms with Gasteiger partial charge in [0.2, 0.25) is 0 Å². The number of hydrogen-bond acceptors (Lipinski definition) is 2. The second-order valence-electron chi connectivity index (χ2n) is 3.41. The van der Waals surface area contributed by atoms with E-state index in [9.17, 15) is 4.79 Å². The number of hydrogen-bond donors (Lipinski definition) is 0. The Hall–Kier alpha value is -1.12. The summed E-state index contributed by atoms with van der Waals surface area (Å²) >= 11 is 0. The van der Waals surface area contributed by atoms with Gasteiger partial charge in [0.15, 0.2) is 5.78 Å². The molecule has 3 nitrogen and oxygen atoms in total. The Morgan fingerprint density at radius 2 is 2.07 bits per heavy atom. The average molecular weight is 194 g/mol. The quantitative estimate of drug-likeness (QED) is 0.675. The number of aryl methyl sites for hydroxylation is 1. The van der Waals surface area contributed by atoms with Gasteiger partial charge in [0.05, 0.1) is 0 Å². The van der Waals surface area contributed by atoms with Gasteiger partial charge in [-0.05, 0) is 25.8 Å². The van der Waals surface area contributed by atoms with Crippen LogP contribution in [0.25, 0.3) is 0 Å². The molecule has 0 aliphatic carbocycles. The fourth-order valence-corrected chi connectivity index (χ4v) is 1.66. The average Bonchev–Trinajstić information content (AvgIpc) is 2.67. The third-order valence-corrected chi connectivity index (χ3v) is 2.62. The number of ketones is 1. The van der Waals surface area contributed by atoms with Gasteiger partial charge in [-0.25, -0.2) is 0 Å². The lowest BCUT2D eigenvalue weighted by Crippen LogP contribution is -2.17. The first kappa shape index (κ1) is 11.0. The molecule has 1 aromatic rings. The third kappa shape index (κ3) is 2.03. The number of carbonyl (C=O) groups excluding carboxylic acids is 1. The van der Waals surface area contributed by atoms with Crippen molar-refractivity contribution in [1.82, 2.24) is 9.78 Å². The molecule has 0 radical (unpaired) electrons. The monoisotopic (exact) mass is 194 g/mol. The van der Waals surface area contributed by atoms with Crippen LogP contribution in [0.5, 0.6) is 0 Å². The number of aromatic nitrogens is 2. The molecule has 0 aliphatic heterocycles. The first-order valence-electron chi connectivity index (χ1n) is 5.30. The first-order valence-corrected chi connectivity index (χ1v) is 5.30. The molecule has 0 fully saturated rings. The van der Waals surface area contributed by atoms with Crippen molar-refractivity contribution < 1.29 is 4.79 Å². The molecule has 0 bridgehead atoms.